The Morgan fingerprint density at radius 3 is 2.81 bits per heavy atom. The molecule has 3 aliphatic rings. The number of nitrogens with one attached hydrogen (secondary N) is 1. The van der Waals surface area contributed by atoms with E-state index in [9.17, 15) is 4.79 Å². The van der Waals surface area contributed by atoms with Gasteiger partial charge in [-0.1, -0.05) is 0 Å². The summed E-state index contributed by atoms with van der Waals surface area (Å²) in [6.45, 7) is 3.66. The Hall–Kier alpha value is -0.610. The van der Waals surface area contributed by atoms with E-state index in [1.807, 2.05) is 0 Å². The van der Waals surface area contributed by atoms with Crippen LogP contribution in [0.3, 0.4) is 0 Å². The molecule has 0 aromatic carbocycles. The van der Waals surface area contributed by atoms with Crippen molar-refractivity contribution in [3.05, 3.63) is 0 Å². The first-order valence-electron chi connectivity index (χ1n) is 6.47. The summed E-state index contributed by atoms with van der Waals surface area (Å²) in [7, 11) is 0. The number of hydroxylamine groups is 2. The molecule has 2 saturated heterocycles. The van der Waals surface area contributed by atoms with Crippen molar-refractivity contribution in [1.29, 1.82) is 0 Å². The maximum Gasteiger partial charge on any atom is 0.249 e. The van der Waals surface area contributed by atoms with Crippen molar-refractivity contribution in [2.24, 2.45) is 11.3 Å². The van der Waals surface area contributed by atoms with Gasteiger partial charge in [-0.25, -0.2) is 5.06 Å². The number of piperidine rings is 1. The molecule has 1 spiro atoms. The Morgan fingerprint density at radius 1 is 1.31 bits per heavy atom. The van der Waals surface area contributed by atoms with Crippen LogP contribution in [0.25, 0.3) is 0 Å². The normalized spacial score (nSPS) is 32.8. The quantitative estimate of drug-likeness (QED) is 0.720. The van der Waals surface area contributed by atoms with Gasteiger partial charge in [0.1, 0.15) is 0 Å². The molecule has 1 unspecified atom stereocenters. The summed E-state index contributed by atoms with van der Waals surface area (Å²) in [6.07, 6.45) is 5.60. The van der Waals surface area contributed by atoms with Crippen LogP contribution in [0.15, 0.2) is 0 Å². The molecule has 3 rings (SSSR count). The van der Waals surface area contributed by atoms with Gasteiger partial charge in [0.05, 0.1) is 6.61 Å². The van der Waals surface area contributed by atoms with Crippen LogP contribution in [0.5, 0.6) is 0 Å². The van der Waals surface area contributed by atoms with Crippen LogP contribution in [0.2, 0.25) is 0 Å². The van der Waals surface area contributed by atoms with Crippen LogP contribution in [-0.4, -0.2) is 37.2 Å². The van der Waals surface area contributed by atoms with Crippen molar-refractivity contribution in [1.82, 2.24) is 10.4 Å². The van der Waals surface area contributed by atoms with E-state index in [1.54, 1.807) is 5.06 Å². The van der Waals surface area contributed by atoms with E-state index in [1.165, 1.54) is 0 Å². The standard InChI is InChI=1S/C12H20N2O2/c15-11(14-7-1-2-8-16-14)10-9-12(10)3-5-13-6-4-12/h10,13H,1-9H2. The molecule has 1 aliphatic carbocycles. The molecule has 1 amide bonds. The second-order valence-electron chi connectivity index (χ2n) is 5.35. The van der Waals surface area contributed by atoms with Crippen LogP contribution < -0.4 is 5.32 Å². The summed E-state index contributed by atoms with van der Waals surface area (Å²) < 4.78 is 0. The highest BCUT2D eigenvalue weighted by molar-refractivity contribution is 5.81. The zero-order chi connectivity index (χ0) is 11.0. The number of hydrogen-bond donors (Lipinski definition) is 1. The van der Waals surface area contributed by atoms with Crippen LogP contribution in [0.1, 0.15) is 32.1 Å². The average Bonchev–Trinajstić information content (AvgIpc) is 3.04. The van der Waals surface area contributed by atoms with Gasteiger partial charge in [0.25, 0.3) is 0 Å². The van der Waals surface area contributed by atoms with Crippen molar-refractivity contribution in [3.8, 4) is 0 Å². The molecular weight excluding hydrogens is 204 g/mol. The molecule has 0 aromatic heterocycles. The lowest BCUT2D eigenvalue weighted by molar-refractivity contribution is -0.199. The summed E-state index contributed by atoms with van der Waals surface area (Å²) in [5, 5.41) is 4.99. The first kappa shape index (κ1) is 10.5. The molecule has 4 heteroatoms. The van der Waals surface area contributed by atoms with Gasteiger partial charge in [0.2, 0.25) is 5.91 Å². The molecule has 2 aliphatic heterocycles. The van der Waals surface area contributed by atoms with Crippen LogP contribution in [-0.2, 0) is 9.63 Å². The smallest absolute Gasteiger partial charge is 0.249 e. The summed E-state index contributed by atoms with van der Waals surface area (Å²) in [5.41, 5.74) is 0.336. The van der Waals surface area contributed by atoms with E-state index in [2.05, 4.69) is 5.32 Å². The van der Waals surface area contributed by atoms with E-state index in [4.69, 9.17) is 4.84 Å². The zero-order valence-corrected chi connectivity index (χ0v) is 9.71. The fourth-order valence-electron chi connectivity index (χ4n) is 3.12. The number of amides is 1. The van der Waals surface area contributed by atoms with Crippen LogP contribution >= 0.6 is 0 Å². The minimum Gasteiger partial charge on any atom is -0.317 e. The molecule has 1 saturated carbocycles. The Balaban J connectivity index is 1.60. The molecule has 1 atom stereocenters. The maximum atomic E-state index is 12.2. The molecule has 4 nitrogen and oxygen atoms in total. The van der Waals surface area contributed by atoms with Gasteiger partial charge in [0.15, 0.2) is 0 Å². The van der Waals surface area contributed by atoms with Crippen molar-refractivity contribution in [3.63, 3.8) is 0 Å². The van der Waals surface area contributed by atoms with Crippen LogP contribution in [0, 0.1) is 11.3 Å². The molecule has 0 radical (unpaired) electrons. The van der Waals surface area contributed by atoms with E-state index < -0.39 is 0 Å². The second-order valence-corrected chi connectivity index (χ2v) is 5.35. The molecular formula is C12H20N2O2. The van der Waals surface area contributed by atoms with Gasteiger partial charge in [-0.05, 0) is 50.6 Å². The first-order chi connectivity index (χ1) is 7.82. The number of carbonyl (C=O) groups excluding carboxylic acids is 1. The van der Waals surface area contributed by atoms with E-state index in [0.717, 1.165) is 51.7 Å². The molecule has 3 fully saturated rings. The third kappa shape index (κ3) is 1.74. The predicted molar refractivity (Wildman–Crippen MR) is 59.5 cm³/mol. The monoisotopic (exact) mass is 224 g/mol. The Bertz CT molecular complexity index is 281. The van der Waals surface area contributed by atoms with Gasteiger partial charge < -0.3 is 5.32 Å². The minimum atomic E-state index is 0.251. The topological polar surface area (TPSA) is 41.6 Å². The highest BCUT2D eigenvalue weighted by Crippen LogP contribution is 2.59. The highest BCUT2D eigenvalue weighted by atomic mass is 16.7. The summed E-state index contributed by atoms with van der Waals surface area (Å²) >= 11 is 0. The molecule has 16 heavy (non-hydrogen) atoms. The van der Waals surface area contributed by atoms with Crippen LogP contribution in [0.4, 0.5) is 0 Å². The maximum absolute atomic E-state index is 12.2. The largest absolute Gasteiger partial charge is 0.317 e. The molecule has 1 N–H and O–H groups in total. The van der Waals surface area contributed by atoms with Gasteiger partial charge in [-0.15, -0.1) is 0 Å². The third-order valence-corrected chi connectivity index (χ3v) is 4.34. The van der Waals surface area contributed by atoms with Gasteiger partial charge in [-0.3, -0.25) is 9.63 Å². The molecule has 0 bridgehead atoms. The predicted octanol–water partition coefficient (Wildman–Crippen LogP) is 0.930. The van der Waals surface area contributed by atoms with Crippen molar-refractivity contribution >= 4 is 5.91 Å². The fourth-order valence-corrected chi connectivity index (χ4v) is 3.12. The van der Waals surface area contributed by atoms with E-state index >= 15 is 0 Å². The lowest BCUT2D eigenvalue weighted by atomic mass is 9.91. The zero-order valence-electron chi connectivity index (χ0n) is 9.71. The molecule has 2 heterocycles. The summed E-state index contributed by atoms with van der Waals surface area (Å²) in [4.78, 5) is 17.7. The Labute approximate surface area is 96.3 Å². The fraction of sp³-hybridized carbons (Fsp3) is 0.917. The lowest BCUT2D eigenvalue weighted by Crippen LogP contribution is -2.39. The Kier molecular flexibility index (Phi) is 2.64. The van der Waals surface area contributed by atoms with Gasteiger partial charge in [0, 0.05) is 12.5 Å². The van der Waals surface area contributed by atoms with Gasteiger partial charge in [-0.2, -0.15) is 0 Å². The lowest BCUT2D eigenvalue weighted by Gasteiger charge is -2.28. The first-order valence-corrected chi connectivity index (χ1v) is 6.47. The van der Waals surface area contributed by atoms with Crippen molar-refractivity contribution in [2.45, 2.75) is 32.1 Å². The number of carbonyl (C=O) groups is 1. The highest BCUT2D eigenvalue weighted by Gasteiger charge is 2.58. The Morgan fingerprint density at radius 2 is 2.12 bits per heavy atom. The number of rotatable bonds is 1. The average molecular weight is 224 g/mol. The summed E-state index contributed by atoms with van der Waals surface area (Å²) in [6, 6.07) is 0. The second kappa shape index (κ2) is 4.00. The van der Waals surface area contributed by atoms with Crippen molar-refractivity contribution < 1.29 is 9.63 Å². The SMILES string of the molecule is O=C(C1CC12CCNCC2)N1CCCCO1. The molecule has 0 aromatic rings. The van der Waals surface area contributed by atoms with E-state index in [0.29, 0.717) is 12.0 Å². The number of nitrogens with zero attached hydrogens (tertiary/aromatic N) is 1. The minimum absolute atomic E-state index is 0.251. The number of hydrogen-bond acceptors (Lipinski definition) is 3. The van der Waals surface area contributed by atoms with Crippen molar-refractivity contribution in [2.75, 3.05) is 26.2 Å². The third-order valence-electron chi connectivity index (χ3n) is 4.34. The van der Waals surface area contributed by atoms with Gasteiger partial charge >= 0.3 is 0 Å². The van der Waals surface area contributed by atoms with E-state index in [-0.39, 0.29) is 11.8 Å². The molecule has 90 valence electrons. The summed E-state index contributed by atoms with van der Waals surface area (Å²) in [5.74, 6) is 0.509.